The molecule has 0 aliphatic carbocycles. The van der Waals surface area contributed by atoms with Crippen molar-refractivity contribution in [3.8, 4) is 0 Å². The van der Waals surface area contributed by atoms with Gasteiger partial charge < -0.3 is 16.0 Å². The van der Waals surface area contributed by atoms with Crippen molar-refractivity contribution in [3.63, 3.8) is 0 Å². The highest BCUT2D eigenvalue weighted by molar-refractivity contribution is 7.99. The SMILES string of the molecule is CNC(=O)NC(=O)CSc1nc2ccc(N)cc2[nH]1. The van der Waals surface area contributed by atoms with E-state index >= 15 is 0 Å². The van der Waals surface area contributed by atoms with Crippen LogP contribution in [0, 0.1) is 0 Å². The Morgan fingerprint density at radius 2 is 2.26 bits per heavy atom. The van der Waals surface area contributed by atoms with E-state index in [0.29, 0.717) is 10.8 Å². The van der Waals surface area contributed by atoms with Crippen molar-refractivity contribution in [2.45, 2.75) is 5.16 Å². The van der Waals surface area contributed by atoms with E-state index in [1.807, 2.05) is 0 Å². The number of nitrogen functional groups attached to an aromatic ring is 1. The molecule has 5 N–H and O–H groups in total. The van der Waals surface area contributed by atoms with Gasteiger partial charge in [0.2, 0.25) is 5.91 Å². The molecule has 100 valence electrons. The molecule has 0 unspecified atom stereocenters. The van der Waals surface area contributed by atoms with Crippen molar-refractivity contribution in [1.82, 2.24) is 20.6 Å². The number of nitrogens with zero attached hydrogens (tertiary/aromatic N) is 1. The molecule has 0 saturated heterocycles. The van der Waals surface area contributed by atoms with Crippen LogP contribution in [0.2, 0.25) is 0 Å². The maximum absolute atomic E-state index is 11.4. The van der Waals surface area contributed by atoms with E-state index in [0.717, 1.165) is 11.0 Å². The lowest BCUT2D eigenvalue weighted by molar-refractivity contribution is -0.117. The van der Waals surface area contributed by atoms with Gasteiger partial charge in [0, 0.05) is 12.7 Å². The summed E-state index contributed by atoms with van der Waals surface area (Å²) < 4.78 is 0. The zero-order chi connectivity index (χ0) is 13.8. The van der Waals surface area contributed by atoms with E-state index in [2.05, 4.69) is 20.6 Å². The lowest BCUT2D eigenvalue weighted by atomic mass is 10.3. The Bertz CT molecular complexity index is 625. The Hall–Kier alpha value is -2.22. The highest BCUT2D eigenvalue weighted by atomic mass is 32.2. The van der Waals surface area contributed by atoms with Gasteiger partial charge in [0.15, 0.2) is 5.16 Å². The van der Waals surface area contributed by atoms with Crippen molar-refractivity contribution in [2.24, 2.45) is 0 Å². The van der Waals surface area contributed by atoms with E-state index in [1.165, 1.54) is 18.8 Å². The first-order chi connectivity index (χ1) is 9.08. The number of benzene rings is 1. The molecular weight excluding hydrogens is 266 g/mol. The molecular formula is C11H13N5O2S. The maximum atomic E-state index is 11.4. The van der Waals surface area contributed by atoms with Crippen LogP contribution >= 0.6 is 11.8 Å². The molecule has 2 aromatic rings. The molecule has 0 spiro atoms. The van der Waals surface area contributed by atoms with Crippen LogP contribution in [0.3, 0.4) is 0 Å². The summed E-state index contributed by atoms with van der Waals surface area (Å²) in [5.41, 5.74) is 7.90. The monoisotopic (exact) mass is 279 g/mol. The molecule has 2 rings (SSSR count). The van der Waals surface area contributed by atoms with E-state index < -0.39 is 6.03 Å². The fraction of sp³-hybridized carbons (Fsp3) is 0.182. The summed E-state index contributed by atoms with van der Waals surface area (Å²) in [4.78, 5) is 29.7. The number of imide groups is 1. The normalized spacial score (nSPS) is 10.4. The number of aromatic nitrogens is 2. The van der Waals surface area contributed by atoms with Crippen LogP contribution in [0.4, 0.5) is 10.5 Å². The van der Waals surface area contributed by atoms with Crippen LogP contribution in [0.15, 0.2) is 23.4 Å². The molecule has 0 radical (unpaired) electrons. The van der Waals surface area contributed by atoms with Gasteiger partial charge in [0.1, 0.15) is 0 Å². The molecule has 1 aromatic heterocycles. The average Bonchev–Trinajstić information content (AvgIpc) is 2.78. The van der Waals surface area contributed by atoms with Gasteiger partial charge in [-0.15, -0.1) is 0 Å². The second-order valence-corrected chi connectivity index (χ2v) is 4.70. The second-order valence-electron chi connectivity index (χ2n) is 3.73. The molecule has 1 heterocycles. The predicted octanol–water partition coefficient (Wildman–Crippen LogP) is 0.693. The number of thioether (sulfide) groups is 1. The van der Waals surface area contributed by atoms with Crippen LogP contribution in [0.5, 0.6) is 0 Å². The number of amides is 3. The highest BCUT2D eigenvalue weighted by Gasteiger charge is 2.09. The zero-order valence-electron chi connectivity index (χ0n) is 10.2. The third-order valence-electron chi connectivity index (χ3n) is 2.30. The molecule has 0 aliphatic heterocycles. The lowest BCUT2D eigenvalue weighted by Gasteiger charge is -2.01. The summed E-state index contributed by atoms with van der Waals surface area (Å²) in [7, 11) is 1.44. The molecule has 0 saturated carbocycles. The Balaban J connectivity index is 1.98. The first-order valence-electron chi connectivity index (χ1n) is 5.48. The van der Waals surface area contributed by atoms with Crippen LogP contribution in [0.25, 0.3) is 11.0 Å². The van der Waals surface area contributed by atoms with Crippen LogP contribution in [-0.4, -0.2) is 34.7 Å². The van der Waals surface area contributed by atoms with Crippen molar-refractivity contribution >= 4 is 40.4 Å². The van der Waals surface area contributed by atoms with Gasteiger partial charge in [-0.25, -0.2) is 9.78 Å². The number of nitrogens with two attached hydrogens (primary N) is 1. The van der Waals surface area contributed by atoms with Gasteiger partial charge in [0.25, 0.3) is 0 Å². The van der Waals surface area contributed by atoms with Crippen LogP contribution < -0.4 is 16.4 Å². The Labute approximate surface area is 113 Å². The largest absolute Gasteiger partial charge is 0.399 e. The molecule has 0 atom stereocenters. The third-order valence-corrected chi connectivity index (χ3v) is 3.18. The zero-order valence-corrected chi connectivity index (χ0v) is 11.0. The summed E-state index contributed by atoms with van der Waals surface area (Å²) in [6.07, 6.45) is 0. The van der Waals surface area contributed by atoms with Crippen LogP contribution in [0.1, 0.15) is 0 Å². The van der Waals surface area contributed by atoms with Gasteiger partial charge in [-0.3, -0.25) is 10.1 Å². The number of hydrogen-bond acceptors (Lipinski definition) is 5. The summed E-state index contributed by atoms with van der Waals surface area (Å²) in [6.45, 7) is 0. The average molecular weight is 279 g/mol. The van der Waals surface area contributed by atoms with Crippen molar-refractivity contribution in [3.05, 3.63) is 18.2 Å². The second kappa shape index (κ2) is 5.61. The number of urea groups is 1. The lowest BCUT2D eigenvalue weighted by Crippen LogP contribution is -2.38. The summed E-state index contributed by atoms with van der Waals surface area (Å²) in [5.74, 6) is -0.285. The number of carbonyl (C=O) groups excluding carboxylic acids is 2. The minimum Gasteiger partial charge on any atom is -0.399 e. The van der Waals surface area contributed by atoms with E-state index in [9.17, 15) is 9.59 Å². The fourth-order valence-corrected chi connectivity index (χ4v) is 2.12. The van der Waals surface area contributed by atoms with Gasteiger partial charge in [0.05, 0.1) is 16.8 Å². The van der Waals surface area contributed by atoms with Crippen LogP contribution in [-0.2, 0) is 4.79 Å². The molecule has 0 aliphatic rings. The maximum Gasteiger partial charge on any atom is 0.321 e. The molecule has 1 aromatic carbocycles. The number of carbonyl (C=O) groups is 2. The number of imidazole rings is 1. The third kappa shape index (κ3) is 3.38. The summed E-state index contributed by atoms with van der Waals surface area (Å²) in [6, 6.07) is 4.81. The van der Waals surface area contributed by atoms with Gasteiger partial charge in [-0.1, -0.05) is 11.8 Å². The number of rotatable bonds is 3. The number of hydrogen-bond donors (Lipinski definition) is 4. The minimum atomic E-state index is -0.525. The summed E-state index contributed by atoms with van der Waals surface area (Å²) >= 11 is 1.21. The predicted molar refractivity (Wildman–Crippen MR) is 73.8 cm³/mol. The molecule has 0 bridgehead atoms. The number of H-pyrrole nitrogens is 1. The molecule has 0 fully saturated rings. The Morgan fingerprint density at radius 3 is 3.00 bits per heavy atom. The number of nitrogens with one attached hydrogen (secondary N) is 3. The van der Waals surface area contributed by atoms with Gasteiger partial charge in [-0.2, -0.15) is 0 Å². The summed E-state index contributed by atoms with van der Waals surface area (Å²) in [5, 5.41) is 5.08. The first-order valence-corrected chi connectivity index (χ1v) is 6.46. The van der Waals surface area contributed by atoms with E-state index in [1.54, 1.807) is 18.2 Å². The molecule has 8 heteroatoms. The quantitative estimate of drug-likeness (QED) is 0.488. The molecule has 3 amide bonds. The fourth-order valence-electron chi connectivity index (χ4n) is 1.43. The minimum absolute atomic E-state index is 0.0999. The highest BCUT2D eigenvalue weighted by Crippen LogP contribution is 2.20. The topological polar surface area (TPSA) is 113 Å². The van der Waals surface area contributed by atoms with Gasteiger partial charge in [-0.05, 0) is 18.2 Å². The molecule has 19 heavy (non-hydrogen) atoms. The standard InChI is InChI=1S/C11H13N5O2S/c1-13-10(18)16-9(17)5-19-11-14-7-3-2-6(12)4-8(7)15-11/h2-4H,5,12H2,1H3,(H,14,15)(H2,13,16,17,18). The Morgan fingerprint density at radius 1 is 1.47 bits per heavy atom. The van der Waals surface area contributed by atoms with Crippen molar-refractivity contribution in [1.29, 1.82) is 0 Å². The van der Waals surface area contributed by atoms with E-state index in [4.69, 9.17) is 5.73 Å². The first kappa shape index (κ1) is 13.2. The Kier molecular flexibility index (Phi) is 3.91. The van der Waals surface area contributed by atoms with Crippen molar-refractivity contribution < 1.29 is 9.59 Å². The van der Waals surface area contributed by atoms with E-state index in [-0.39, 0.29) is 11.7 Å². The smallest absolute Gasteiger partial charge is 0.321 e. The number of fused-ring (bicyclic) bond motifs is 1. The number of anilines is 1. The molecule has 7 nitrogen and oxygen atoms in total. The number of aromatic amines is 1. The van der Waals surface area contributed by atoms with Crippen molar-refractivity contribution in [2.75, 3.05) is 18.5 Å². The van der Waals surface area contributed by atoms with Gasteiger partial charge >= 0.3 is 6.03 Å².